The predicted octanol–water partition coefficient (Wildman–Crippen LogP) is 1.79. The van der Waals surface area contributed by atoms with Gasteiger partial charge in [0, 0.05) is 37.7 Å². The number of aromatic nitrogens is 4. The molecule has 0 aromatic carbocycles. The van der Waals surface area contributed by atoms with Crippen molar-refractivity contribution in [2.24, 2.45) is 0 Å². The number of nitrogens with one attached hydrogen (secondary N) is 1. The molecule has 7 heteroatoms. The largest absolute Gasteiger partial charge is 0.481 e. The number of hydrogen-bond acceptors (Lipinski definition) is 5. The molecular formula is C16H21N5O2. The Morgan fingerprint density at radius 3 is 3.00 bits per heavy atom. The molecule has 2 aromatic heterocycles. The molecule has 1 fully saturated rings. The molecular weight excluding hydrogens is 294 g/mol. The van der Waals surface area contributed by atoms with Crippen LogP contribution >= 0.6 is 0 Å². The van der Waals surface area contributed by atoms with Crippen molar-refractivity contribution in [3.05, 3.63) is 35.5 Å². The molecule has 0 spiro atoms. The molecule has 0 aliphatic carbocycles. The van der Waals surface area contributed by atoms with Crippen LogP contribution in [0.2, 0.25) is 0 Å². The van der Waals surface area contributed by atoms with Gasteiger partial charge in [-0.25, -0.2) is 9.97 Å². The lowest BCUT2D eigenvalue weighted by atomic mass is 9.97. The zero-order valence-electron chi connectivity index (χ0n) is 13.5. The summed E-state index contributed by atoms with van der Waals surface area (Å²) in [6.07, 6.45) is 4.36. The van der Waals surface area contributed by atoms with Gasteiger partial charge in [-0.15, -0.1) is 0 Å². The fraction of sp³-hybridized carbons (Fsp3) is 0.500. The van der Waals surface area contributed by atoms with E-state index in [1.54, 1.807) is 25.4 Å². The van der Waals surface area contributed by atoms with E-state index in [0.29, 0.717) is 18.0 Å². The number of rotatable bonds is 4. The number of methoxy groups -OCH3 is 1. The maximum Gasteiger partial charge on any atom is 0.255 e. The Labute approximate surface area is 135 Å². The summed E-state index contributed by atoms with van der Waals surface area (Å²) in [5, 5.41) is 7.25. The van der Waals surface area contributed by atoms with Crippen LogP contribution in [0.5, 0.6) is 5.88 Å². The average Bonchev–Trinajstić information content (AvgIpc) is 3.10. The molecule has 0 radical (unpaired) electrons. The van der Waals surface area contributed by atoms with Crippen LogP contribution in [0, 0.1) is 0 Å². The average molecular weight is 315 g/mol. The SMILES string of the molecule is CCc1nc([C@H]2CCCN(C(=O)c3ccc(OC)nc3)C2)n[nH]1. The highest BCUT2D eigenvalue weighted by Crippen LogP contribution is 2.25. The minimum atomic E-state index is -0.00361. The molecule has 23 heavy (non-hydrogen) atoms. The van der Waals surface area contributed by atoms with Crippen molar-refractivity contribution in [1.29, 1.82) is 0 Å². The van der Waals surface area contributed by atoms with Crippen molar-refractivity contribution in [2.75, 3.05) is 20.2 Å². The number of carbonyl (C=O) groups excluding carboxylic acids is 1. The molecule has 3 heterocycles. The highest BCUT2D eigenvalue weighted by molar-refractivity contribution is 5.94. The molecule has 1 aliphatic heterocycles. The fourth-order valence-corrected chi connectivity index (χ4v) is 2.83. The Bertz CT molecular complexity index is 667. The highest BCUT2D eigenvalue weighted by atomic mass is 16.5. The summed E-state index contributed by atoms with van der Waals surface area (Å²) in [4.78, 5) is 23.1. The maximum absolute atomic E-state index is 12.6. The summed E-state index contributed by atoms with van der Waals surface area (Å²) in [7, 11) is 1.56. The van der Waals surface area contributed by atoms with Gasteiger partial charge < -0.3 is 9.64 Å². The second-order valence-electron chi connectivity index (χ2n) is 5.67. The van der Waals surface area contributed by atoms with E-state index in [2.05, 4.69) is 20.2 Å². The van der Waals surface area contributed by atoms with E-state index in [-0.39, 0.29) is 11.8 Å². The van der Waals surface area contributed by atoms with Crippen LogP contribution in [0.15, 0.2) is 18.3 Å². The molecule has 3 rings (SSSR count). The van der Waals surface area contributed by atoms with Crippen molar-refractivity contribution in [3.63, 3.8) is 0 Å². The normalized spacial score (nSPS) is 18.0. The van der Waals surface area contributed by atoms with Gasteiger partial charge in [0.05, 0.1) is 12.7 Å². The molecule has 1 atom stereocenters. The first kappa shape index (κ1) is 15.5. The Morgan fingerprint density at radius 1 is 1.48 bits per heavy atom. The highest BCUT2D eigenvalue weighted by Gasteiger charge is 2.28. The number of aryl methyl sites for hydroxylation is 1. The summed E-state index contributed by atoms with van der Waals surface area (Å²) in [6.45, 7) is 3.44. The van der Waals surface area contributed by atoms with Crippen LogP contribution in [0.4, 0.5) is 0 Å². The number of ether oxygens (including phenoxy) is 1. The van der Waals surface area contributed by atoms with Gasteiger partial charge in [-0.2, -0.15) is 5.10 Å². The molecule has 1 aliphatic rings. The van der Waals surface area contributed by atoms with Gasteiger partial charge in [-0.05, 0) is 18.9 Å². The van der Waals surface area contributed by atoms with E-state index in [1.165, 1.54) is 0 Å². The summed E-state index contributed by atoms with van der Waals surface area (Å²) < 4.78 is 5.03. The molecule has 7 nitrogen and oxygen atoms in total. The van der Waals surface area contributed by atoms with Crippen molar-refractivity contribution in [3.8, 4) is 5.88 Å². The van der Waals surface area contributed by atoms with Crippen molar-refractivity contribution >= 4 is 5.91 Å². The number of hydrogen-bond donors (Lipinski definition) is 1. The van der Waals surface area contributed by atoms with Gasteiger partial charge in [-0.3, -0.25) is 9.89 Å². The molecule has 0 bridgehead atoms. The van der Waals surface area contributed by atoms with Crippen LogP contribution < -0.4 is 4.74 Å². The molecule has 2 aromatic rings. The molecule has 1 saturated heterocycles. The van der Waals surface area contributed by atoms with Crippen LogP contribution in [0.1, 0.15) is 47.7 Å². The van der Waals surface area contributed by atoms with E-state index in [4.69, 9.17) is 4.74 Å². The fourth-order valence-electron chi connectivity index (χ4n) is 2.83. The van der Waals surface area contributed by atoms with Gasteiger partial charge in [0.25, 0.3) is 5.91 Å². The van der Waals surface area contributed by atoms with Crippen LogP contribution in [0.3, 0.4) is 0 Å². The predicted molar refractivity (Wildman–Crippen MR) is 84.4 cm³/mol. The maximum atomic E-state index is 12.6. The van der Waals surface area contributed by atoms with Crippen molar-refractivity contribution in [1.82, 2.24) is 25.1 Å². The lowest BCUT2D eigenvalue weighted by molar-refractivity contribution is 0.0704. The monoisotopic (exact) mass is 315 g/mol. The standard InChI is InChI=1S/C16H21N5O2/c1-3-13-18-15(20-19-13)12-5-4-8-21(10-12)16(22)11-6-7-14(23-2)17-9-11/h6-7,9,12H,3-5,8,10H2,1-2H3,(H,18,19,20)/t12-/m0/s1. The Kier molecular flexibility index (Phi) is 4.55. The first-order valence-electron chi connectivity index (χ1n) is 7.91. The van der Waals surface area contributed by atoms with E-state index in [1.807, 2.05) is 11.8 Å². The topological polar surface area (TPSA) is 84.0 Å². The minimum Gasteiger partial charge on any atom is -0.481 e. The van der Waals surface area contributed by atoms with Crippen LogP contribution in [-0.4, -0.2) is 51.2 Å². The number of piperidine rings is 1. The van der Waals surface area contributed by atoms with Gasteiger partial charge in [0.2, 0.25) is 5.88 Å². The summed E-state index contributed by atoms with van der Waals surface area (Å²) >= 11 is 0. The number of pyridine rings is 1. The zero-order chi connectivity index (χ0) is 16.2. The summed E-state index contributed by atoms with van der Waals surface area (Å²) in [5.41, 5.74) is 0.579. The van der Waals surface area contributed by atoms with E-state index in [0.717, 1.165) is 37.5 Å². The smallest absolute Gasteiger partial charge is 0.255 e. The summed E-state index contributed by atoms with van der Waals surface area (Å²) in [5.74, 6) is 2.40. The van der Waals surface area contributed by atoms with E-state index < -0.39 is 0 Å². The number of carbonyl (C=O) groups is 1. The molecule has 122 valence electrons. The zero-order valence-corrected chi connectivity index (χ0v) is 13.5. The number of H-pyrrole nitrogens is 1. The Hall–Kier alpha value is -2.44. The molecule has 1 amide bonds. The van der Waals surface area contributed by atoms with Crippen LogP contribution in [-0.2, 0) is 6.42 Å². The molecule has 1 N–H and O–H groups in total. The first-order valence-corrected chi connectivity index (χ1v) is 7.91. The van der Waals surface area contributed by atoms with E-state index in [9.17, 15) is 4.79 Å². The second-order valence-corrected chi connectivity index (χ2v) is 5.67. The third-order valence-electron chi connectivity index (χ3n) is 4.15. The minimum absolute atomic E-state index is 0.00361. The molecule has 0 unspecified atom stereocenters. The first-order chi connectivity index (χ1) is 11.2. The van der Waals surface area contributed by atoms with Crippen molar-refractivity contribution < 1.29 is 9.53 Å². The lowest BCUT2D eigenvalue weighted by Crippen LogP contribution is -2.39. The van der Waals surface area contributed by atoms with Crippen molar-refractivity contribution in [2.45, 2.75) is 32.1 Å². The van der Waals surface area contributed by atoms with Gasteiger partial charge in [-0.1, -0.05) is 6.92 Å². The number of amides is 1. The van der Waals surface area contributed by atoms with Gasteiger partial charge >= 0.3 is 0 Å². The van der Waals surface area contributed by atoms with E-state index >= 15 is 0 Å². The van der Waals surface area contributed by atoms with Crippen LogP contribution in [0.25, 0.3) is 0 Å². The Morgan fingerprint density at radius 2 is 2.35 bits per heavy atom. The molecule has 0 saturated carbocycles. The number of nitrogens with zero attached hydrogens (tertiary/aromatic N) is 4. The van der Waals surface area contributed by atoms with Gasteiger partial charge in [0.1, 0.15) is 5.82 Å². The third-order valence-corrected chi connectivity index (χ3v) is 4.15. The second kappa shape index (κ2) is 6.76. The Balaban J connectivity index is 1.70. The number of aromatic amines is 1. The summed E-state index contributed by atoms with van der Waals surface area (Å²) in [6, 6.07) is 3.46. The lowest BCUT2D eigenvalue weighted by Gasteiger charge is -2.31. The van der Waals surface area contributed by atoms with Gasteiger partial charge in [0.15, 0.2) is 5.82 Å². The number of likely N-dealkylation sites (tertiary alicyclic amines) is 1. The third kappa shape index (κ3) is 3.33. The quantitative estimate of drug-likeness (QED) is 0.930.